The molecule has 5 heteroatoms. The van der Waals surface area contributed by atoms with Crippen molar-refractivity contribution < 1.29 is 4.79 Å². The minimum Gasteiger partial charge on any atom is -0.334 e. The predicted octanol–water partition coefficient (Wildman–Crippen LogP) is 4.08. The number of thiophene rings is 2. The van der Waals surface area contributed by atoms with Crippen molar-refractivity contribution in [2.45, 2.75) is 13.5 Å². The van der Waals surface area contributed by atoms with Gasteiger partial charge >= 0.3 is 0 Å². The first-order valence-corrected chi connectivity index (χ1v) is 8.10. The van der Waals surface area contributed by atoms with E-state index in [1.165, 1.54) is 4.88 Å². The van der Waals surface area contributed by atoms with Gasteiger partial charge in [-0.3, -0.25) is 4.79 Å². The van der Waals surface area contributed by atoms with Gasteiger partial charge in [0.2, 0.25) is 0 Å². The van der Waals surface area contributed by atoms with Crippen LogP contribution in [0.15, 0.2) is 29.0 Å². The number of hydrogen-bond acceptors (Lipinski definition) is 3. The minimum atomic E-state index is 0.125. The lowest BCUT2D eigenvalue weighted by molar-refractivity contribution is 0.0754. The highest BCUT2D eigenvalue weighted by Crippen LogP contribution is 2.20. The summed E-state index contributed by atoms with van der Waals surface area (Å²) < 4.78 is 1.15. The zero-order valence-electron chi connectivity index (χ0n) is 9.35. The van der Waals surface area contributed by atoms with Gasteiger partial charge in [-0.05, 0) is 47.0 Å². The molecule has 0 aliphatic rings. The fourth-order valence-electron chi connectivity index (χ4n) is 1.52. The van der Waals surface area contributed by atoms with Crippen LogP contribution < -0.4 is 0 Å². The monoisotopic (exact) mass is 377 g/mol. The Bertz CT molecular complexity index is 492. The third-order valence-corrected chi connectivity index (χ3v) is 5.06. The fourth-order valence-corrected chi connectivity index (χ4v) is 3.56. The molecule has 0 N–H and O–H groups in total. The SMILES string of the molecule is CCN(Cc1cccs1)C(=O)c1csc(I)c1. The summed E-state index contributed by atoms with van der Waals surface area (Å²) in [6.07, 6.45) is 0. The summed E-state index contributed by atoms with van der Waals surface area (Å²) in [5.41, 5.74) is 0.804. The highest BCUT2D eigenvalue weighted by molar-refractivity contribution is 14.1. The van der Waals surface area contributed by atoms with Gasteiger partial charge in [0.15, 0.2) is 0 Å². The van der Waals surface area contributed by atoms with Crippen molar-refractivity contribution >= 4 is 51.2 Å². The second kappa shape index (κ2) is 5.97. The molecule has 0 fully saturated rings. The van der Waals surface area contributed by atoms with Crippen LogP contribution in [0.4, 0.5) is 0 Å². The van der Waals surface area contributed by atoms with Crippen molar-refractivity contribution in [1.82, 2.24) is 4.90 Å². The lowest BCUT2D eigenvalue weighted by atomic mass is 10.3. The third-order valence-electron chi connectivity index (χ3n) is 2.41. The summed E-state index contributed by atoms with van der Waals surface area (Å²) in [5.74, 6) is 0.125. The second-order valence-corrected chi connectivity index (χ2v) is 7.38. The topological polar surface area (TPSA) is 20.3 Å². The van der Waals surface area contributed by atoms with Gasteiger partial charge in [0.25, 0.3) is 5.91 Å². The Morgan fingerprint density at radius 3 is 2.82 bits per heavy atom. The Hall–Kier alpha value is -0.400. The van der Waals surface area contributed by atoms with Crippen LogP contribution in [0.25, 0.3) is 0 Å². The molecule has 0 aliphatic heterocycles. The molecule has 0 bridgehead atoms. The maximum atomic E-state index is 12.2. The first kappa shape index (κ1) is 13.0. The van der Waals surface area contributed by atoms with E-state index in [4.69, 9.17) is 0 Å². The summed E-state index contributed by atoms with van der Waals surface area (Å²) >= 11 is 5.54. The molecule has 0 atom stereocenters. The van der Waals surface area contributed by atoms with Gasteiger partial charge in [-0.25, -0.2) is 0 Å². The van der Waals surface area contributed by atoms with Crippen molar-refractivity contribution in [3.8, 4) is 0 Å². The molecule has 0 spiro atoms. The van der Waals surface area contributed by atoms with Crippen LogP contribution in [-0.4, -0.2) is 17.4 Å². The highest BCUT2D eigenvalue weighted by atomic mass is 127. The van der Waals surface area contributed by atoms with E-state index in [9.17, 15) is 4.79 Å². The minimum absolute atomic E-state index is 0.125. The predicted molar refractivity (Wildman–Crippen MR) is 81.8 cm³/mol. The molecule has 90 valence electrons. The van der Waals surface area contributed by atoms with Crippen LogP contribution in [-0.2, 0) is 6.54 Å². The summed E-state index contributed by atoms with van der Waals surface area (Å²) in [4.78, 5) is 15.4. The lowest BCUT2D eigenvalue weighted by Gasteiger charge is -2.19. The van der Waals surface area contributed by atoms with E-state index in [1.54, 1.807) is 22.7 Å². The van der Waals surface area contributed by atoms with E-state index in [2.05, 4.69) is 28.7 Å². The van der Waals surface area contributed by atoms with Gasteiger partial charge in [-0.2, -0.15) is 0 Å². The first-order valence-electron chi connectivity index (χ1n) is 5.26. The Kier molecular flexibility index (Phi) is 4.58. The Morgan fingerprint density at radius 1 is 1.47 bits per heavy atom. The molecular weight excluding hydrogens is 365 g/mol. The zero-order valence-corrected chi connectivity index (χ0v) is 13.1. The van der Waals surface area contributed by atoms with Gasteiger partial charge in [0.1, 0.15) is 0 Å². The maximum Gasteiger partial charge on any atom is 0.255 e. The van der Waals surface area contributed by atoms with Crippen LogP contribution in [0.3, 0.4) is 0 Å². The van der Waals surface area contributed by atoms with E-state index >= 15 is 0 Å². The number of nitrogens with zero attached hydrogens (tertiary/aromatic N) is 1. The average molecular weight is 377 g/mol. The van der Waals surface area contributed by atoms with Crippen molar-refractivity contribution in [3.05, 3.63) is 42.3 Å². The fraction of sp³-hybridized carbons (Fsp3) is 0.250. The number of carbonyl (C=O) groups is 1. The molecule has 0 aliphatic carbocycles. The molecule has 1 amide bonds. The van der Waals surface area contributed by atoms with Crippen molar-refractivity contribution in [3.63, 3.8) is 0 Å². The van der Waals surface area contributed by atoms with Crippen LogP contribution in [0.1, 0.15) is 22.2 Å². The molecule has 0 unspecified atom stereocenters. The smallest absolute Gasteiger partial charge is 0.255 e. The van der Waals surface area contributed by atoms with Crippen LogP contribution >= 0.6 is 45.3 Å². The molecule has 2 aromatic rings. The molecule has 2 aromatic heterocycles. The molecule has 17 heavy (non-hydrogen) atoms. The first-order chi connectivity index (χ1) is 8.20. The summed E-state index contributed by atoms with van der Waals surface area (Å²) in [6.45, 7) is 3.46. The number of rotatable bonds is 4. The molecule has 0 aromatic carbocycles. The Labute approximate surface area is 122 Å². The van der Waals surface area contributed by atoms with Crippen LogP contribution in [0, 0.1) is 2.88 Å². The molecule has 2 heterocycles. The molecular formula is C12H12INOS2. The zero-order chi connectivity index (χ0) is 12.3. The van der Waals surface area contributed by atoms with E-state index in [1.807, 2.05) is 34.7 Å². The number of amides is 1. The Balaban J connectivity index is 2.10. The van der Waals surface area contributed by atoms with Crippen LogP contribution in [0.2, 0.25) is 0 Å². The van der Waals surface area contributed by atoms with E-state index in [0.29, 0.717) is 6.54 Å². The second-order valence-electron chi connectivity index (χ2n) is 3.54. The molecule has 2 rings (SSSR count). The van der Waals surface area contributed by atoms with Crippen LogP contribution in [0.5, 0.6) is 0 Å². The molecule has 0 radical (unpaired) electrons. The Morgan fingerprint density at radius 2 is 2.29 bits per heavy atom. The van der Waals surface area contributed by atoms with E-state index in [-0.39, 0.29) is 5.91 Å². The van der Waals surface area contributed by atoms with E-state index < -0.39 is 0 Å². The van der Waals surface area contributed by atoms with Crippen molar-refractivity contribution in [1.29, 1.82) is 0 Å². The normalized spacial score (nSPS) is 10.5. The van der Waals surface area contributed by atoms with Gasteiger partial charge in [0.05, 0.1) is 15.0 Å². The molecule has 2 nitrogen and oxygen atoms in total. The summed E-state index contributed by atoms with van der Waals surface area (Å²) in [5, 5.41) is 3.97. The summed E-state index contributed by atoms with van der Waals surface area (Å²) in [6, 6.07) is 6.04. The molecule has 0 saturated carbocycles. The summed E-state index contributed by atoms with van der Waals surface area (Å²) in [7, 11) is 0. The third kappa shape index (κ3) is 3.29. The highest BCUT2D eigenvalue weighted by Gasteiger charge is 2.16. The number of halogens is 1. The van der Waals surface area contributed by atoms with E-state index in [0.717, 1.165) is 15.0 Å². The molecule has 0 saturated heterocycles. The maximum absolute atomic E-state index is 12.2. The largest absolute Gasteiger partial charge is 0.334 e. The van der Waals surface area contributed by atoms with Gasteiger partial charge in [0, 0.05) is 16.8 Å². The average Bonchev–Trinajstić information content (AvgIpc) is 2.96. The van der Waals surface area contributed by atoms with Crippen molar-refractivity contribution in [2.24, 2.45) is 0 Å². The van der Waals surface area contributed by atoms with Gasteiger partial charge in [-0.1, -0.05) is 6.07 Å². The van der Waals surface area contributed by atoms with Gasteiger partial charge < -0.3 is 4.90 Å². The van der Waals surface area contributed by atoms with Gasteiger partial charge in [-0.15, -0.1) is 22.7 Å². The lowest BCUT2D eigenvalue weighted by Crippen LogP contribution is -2.29. The van der Waals surface area contributed by atoms with Crippen molar-refractivity contribution in [2.75, 3.05) is 6.54 Å². The quantitative estimate of drug-likeness (QED) is 0.736. The number of carbonyl (C=O) groups excluding carboxylic acids is 1. The number of hydrogen-bond donors (Lipinski definition) is 0. The standard InChI is InChI=1S/C12H12INOS2/c1-2-14(7-10-4-3-5-16-10)12(15)9-6-11(13)17-8-9/h3-6,8H,2,7H2,1H3.